The largest absolute Gasteiger partial charge is 0.497 e. The highest BCUT2D eigenvalue weighted by Crippen LogP contribution is 2.39. The van der Waals surface area contributed by atoms with E-state index in [1.165, 1.54) is 51.3 Å². The summed E-state index contributed by atoms with van der Waals surface area (Å²) in [6.07, 6.45) is 6.88. The first kappa shape index (κ1) is 14.8. The van der Waals surface area contributed by atoms with Crippen LogP contribution in [0.2, 0.25) is 0 Å². The van der Waals surface area contributed by atoms with Gasteiger partial charge < -0.3 is 4.74 Å². The summed E-state index contributed by atoms with van der Waals surface area (Å²) < 4.78 is 32.8. The SMILES string of the molecule is COc1cc(F)c(C(Br)CC2CCCCC2)c(F)c1. The molecular weight excluding hydrogens is 314 g/mol. The van der Waals surface area contributed by atoms with E-state index in [1.807, 2.05) is 0 Å². The Morgan fingerprint density at radius 1 is 1.21 bits per heavy atom. The van der Waals surface area contributed by atoms with E-state index in [2.05, 4.69) is 15.9 Å². The first-order valence-electron chi connectivity index (χ1n) is 6.78. The van der Waals surface area contributed by atoms with Gasteiger partial charge in [0.25, 0.3) is 0 Å². The van der Waals surface area contributed by atoms with Crippen LogP contribution in [0.5, 0.6) is 5.75 Å². The molecule has 1 saturated carbocycles. The Labute approximate surface area is 121 Å². The number of alkyl halides is 1. The van der Waals surface area contributed by atoms with E-state index < -0.39 is 11.6 Å². The van der Waals surface area contributed by atoms with Gasteiger partial charge >= 0.3 is 0 Å². The predicted molar refractivity (Wildman–Crippen MR) is 75.8 cm³/mol. The van der Waals surface area contributed by atoms with E-state index in [0.29, 0.717) is 5.92 Å². The molecule has 106 valence electrons. The molecule has 1 unspecified atom stereocenters. The number of ether oxygens (including phenoxy) is 1. The van der Waals surface area contributed by atoms with Gasteiger partial charge in [0.05, 0.1) is 7.11 Å². The van der Waals surface area contributed by atoms with Crippen LogP contribution in [0.15, 0.2) is 12.1 Å². The van der Waals surface area contributed by atoms with Crippen LogP contribution in [0.4, 0.5) is 8.78 Å². The van der Waals surface area contributed by atoms with Crippen LogP contribution in [0, 0.1) is 17.6 Å². The second-order valence-corrected chi connectivity index (χ2v) is 6.32. The summed E-state index contributed by atoms with van der Waals surface area (Å²) in [5.74, 6) is -0.279. The summed E-state index contributed by atoms with van der Waals surface area (Å²) in [6.45, 7) is 0. The molecule has 1 atom stereocenters. The van der Waals surface area contributed by atoms with Gasteiger partial charge in [0, 0.05) is 22.5 Å². The number of benzene rings is 1. The predicted octanol–water partition coefficient (Wildman–Crippen LogP) is 5.38. The van der Waals surface area contributed by atoms with Crippen molar-refractivity contribution in [3.63, 3.8) is 0 Å². The number of halogens is 3. The Morgan fingerprint density at radius 3 is 2.32 bits per heavy atom. The Kier molecular flexibility index (Phi) is 5.20. The number of methoxy groups -OCH3 is 1. The van der Waals surface area contributed by atoms with E-state index in [-0.39, 0.29) is 16.1 Å². The Morgan fingerprint density at radius 2 is 1.79 bits per heavy atom. The fraction of sp³-hybridized carbons (Fsp3) is 0.600. The van der Waals surface area contributed by atoms with Gasteiger partial charge in [0.15, 0.2) is 0 Å². The minimum Gasteiger partial charge on any atom is -0.497 e. The van der Waals surface area contributed by atoms with Gasteiger partial charge in [-0.2, -0.15) is 0 Å². The van der Waals surface area contributed by atoms with E-state index in [0.717, 1.165) is 6.42 Å². The molecule has 0 heterocycles. The van der Waals surface area contributed by atoms with Crippen molar-refractivity contribution in [2.24, 2.45) is 5.92 Å². The highest BCUT2D eigenvalue weighted by molar-refractivity contribution is 9.09. The van der Waals surface area contributed by atoms with Crippen molar-refractivity contribution in [3.05, 3.63) is 29.3 Å². The number of rotatable bonds is 4. The average Bonchev–Trinajstić information content (AvgIpc) is 2.38. The van der Waals surface area contributed by atoms with E-state index >= 15 is 0 Å². The lowest BCUT2D eigenvalue weighted by molar-refractivity contribution is 0.335. The first-order valence-corrected chi connectivity index (χ1v) is 7.70. The van der Waals surface area contributed by atoms with Crippen molar-refractivity contribution in [3.8, 4) is 5.75 Å². The summed E-state index contributed by atoms with van der Waals surface area (Å²) >= 11 is 3.45. The fourth-order valence-corrected chi connectivity index (χ4v) is 3.78. The summed E-state index contributed by atoms with van der Waals surface area (Å²) in [6, 6.07) is 2.49. The topological polar surface area (TPSA) is 9.23 Å². The fourth-order valence-electron chi connectivity index (χ4n) is 2.81. The molecule has 0 bridgehead atoms. The van der Waals surface area contributed by atoms with Crippen LogP contribution in [0.25, 0.3) is 0 Å². The molecule has 0 saturated heterocycles. The Hall–Kier alpha value is -0.640. The van der Waals surface area contributed by atoms with Crippen molar-refractivity contribution in [2.75, 3.05) is 7.11 Å². The van der Waals surface area contributed by atoms with Gasteiger partial charge in [0.1, 0.15) is 17.4 Å². The smallest absolute Gasteiger partial charge is 0.134 e. The van der Waals surface area contributed by atoms with Crippen molar-refractivity contribution in [1.29, 1.82) is 0 Å². The molecule has 0 amide bonds. The lowest BCUT2D eigenvalue weighted by Crippen LogP contribution is -2.10. The molecule has 0 aromatic heterocycles. The zero-order valence-corrected chi connectivity index (χ0v) is 12.7. The van der Waals surface area contributed by atoms with Crippen LogP contribution in [0.1, 0.15) is 48.9 Å². The lowest BCUT2D eigenvalue weighted by Gasteiger charge is -2.24. The Bertz CT molecular complexity index is 407. The Balaban J connectivity index is 2.11. The quantitative estimate of drug-likeness (QED) is 0.672. The van der Waals surface area contributed by atoms with Crippen LogP contribution in [-0.2, 0) is 0 Å². The molecule has 0 radical (unpaired) electrons. The normalized spacial score (nSPS) is 18.3. The maximum Gasteiger partial charge on any atom is 0.134 e. The highest BCUT2D eigenvalue weighted by Gasteiger charge is 2.23. The van der Waals surface area contributed by atoms with E-state index in [4.69, 9.17) is 4.74 Å². The summed E-state index contributed by atoms with van der Waals surface area (Å²) in [4.78, 5) is -0.262. The minimum atomic E-state index is -0.533. The van der Waals surface area contributed by atoms with Gasteiger partial charge in [0.2, 0.25) is 0 Å². The maximum absolute atomic E-state index is 14.0. The monoisotopic (exact) mass is 332 g/mol. The summed E-state index contributed by atoms with van der Waals surface area (Å²) in [5.41, 5.74) is 0.131. The maximum atomic E-state index is 14.0. The number of hydrogen-bond acceptors (Lipinski definition) is 1. The number of hydrogen-bond donors (Lipinski definition) is 0. The van der Waals surface area contributed by atoms with Crippen molar-refractivity contribution in [2.45, 2.75) is 43.4 Å². The van der Waals surface area contributed by atoms with E-state index in [9.17, 15) is 8.78 Å². The zero-order valence-electron chi connectivity index (χ0n) is 11.1. The first-order chi connectivity index (χ1) is 9.11. The van der Waals surface area contributed by atoms with Gasteiger partial charge in [-0.1, -0.05) is 48.0 Å². The molecule has 1 aliphatic carbocycles. The van der Waals surface area contributed by atoms with Gasteiger partial charge in [-0.3, -0.25) is 0 Å². The second-order valence-electron chi connectivity index (χ2n) is 5.21. The lowest BCUT2D eigenvalue weighted by atomic mass is 9.85. The van der Waals surface area contributed by atoms with Crippen LogP contribution in [-0.4, -0.2) is 7.11 Å². The molecular formula is C15H19BrF2O. The molecule has 1 aromatic rings. The highest BCUT2D eigenvalue weighted by atomic mass is 79.9. The average molecular weight is 333 g/mol. The summed E-state index contributed by atoms with van der Waals surface area (Å²) in [5, 5.41) is 0. The third-order valence-corrected chi connectivity index (χ3v) is 4.70. The van der Waals surface area contributed by atoms with Crippen LogP contribution in [0.3, 0.4) is 0 Å². The standard InChI is InChI=1S/C15H19BrF2O/c1-19-11-8-13(17)15(14(18)9-11)12(16)7-10-5-3-2-4-6-10/h8-10,12H,2-7H2,1H3. The summed E-state index contributed by atoms with van der Waals surface area (Å²) in [7, 11) is 1.40. The van der Waals surface area contributed by atoms with Gasteiger partial charge in [-0.25, -0.2) is 8.78 Å². The van der Waals surface area contributed by atoms with Crippen LogP contribution < -0.4 is 4.74 Å². The minimum absolute atomic E-state index is 0.131. The van der Waals surface area contributed by atoms with Crippen molar-refractivity contribution < 1.29 is 13.5 Å². The second kappa shape index (κ2) is 6.69. The molecule has 19 heavy (non-hydrogen) atoms. The van der Waals surface area contributed by atoms with Crippen molar-refractivity contribution >= 4 is 15.9 Å². The third kappa shape index (κ3) is 3.68. The molecule has 0 spiro atoms. The zero-order chi connectivity index (χ0) is 13.8. The molecule has 1 fully saturated rings. The molecule has 0 aliphatic heterocycles. The molecule has 1 nitrogen and oxygen atoms in total. The molecule has 1 aliphatic rings. The third-order valence-electron chi connectivity index (χ3n) is 3.87. The van der Waals surface area contributed by atoms with Gasteiger partial charge in [-0.05, 0) is 12.3 Å². The van der Waals surface area contributed by atoms with Gasteiger partial charge in [-0.15, -0.1) is 0 Å². The molecule has 4 heteroatoms. The van der Waals surface area contributed by atoms with E-state index in [1.54, 1.807) is 0 Å². The van der Waals surface area contributed by atoms with Crippen molar-refractivity contribution in [1.82, 2.24) is 0 Å². The molecule has 0 N–H and O–H groups in total. The molecule has 1 aromatic carbocycles. The van der Waals surface area contributed by atoms with Crippen LogP contribution >= 0.6 is 15.9 Å². The molecule has 2 rings (SSSR count).